The highest BCUT2D eigenvalue weighted by atomic mass is 32.2. The largest absolute Gasteiger partial charge is 0.377 e. The Morgan fingerprint density at radius 1 is 1.12 bits per heavy atom. The van der Waals surface area contributed by atoms with Crippen LogP contribution in [-0.4, -0.2) is 26.7 Å². The van der Waals surface area contributed by atoms with E-state index in [1.165, 1.54) is 12.1 Å². The SMILES string of the molecule is CCOCc1ccccc1NC(=O)c1ccc(S(=O)(=O)C(F)F)cc1. The lowest BCUT2D eigenvalue weighted by molar-refractivity contribution is 0.102. The summed E-state index contributed by atoms with van der Waals surface area (Å²) in [4.78, 5) is 11.8. The summed E-state index contributed by atoms with van der Waals surface area (Å²) in [7, 11) is -4.68. The van der Waals surface area contributed by atoms with Gasteiger partial charge in [-0.25, -0.2) is 8.42 Å². The smallest absolute Gasteiger partial charge is 0.341 e. The summed E-state index contributed by atoms with van der Waals surface area (Å²) in [6.45, 7) is 2.72. The maximum atomic E-state index is 12.5. The van der Waals surface area contributed by atoms with Gasteiger partial charge in [-0.2, -0.15) is 8.78 Å². The quantitative estimate of drug-likeness (QED) is 0.811. The average molecular weight is 369 g/mol. The summed E-state index contributed by atoms with van der Waals surface area (Å²) in [5.74, 6) is -3.98. The number of hydrogen-bond donors (Lipinski definition) is 1. The number of rotatable bonds is 7. The van der Waals surface area contributed by atoms with Crippen LogP contribution in [0.5, 0.6) is 0 Å². The third kappa shape index (κ3) is 4.61. The maximum absolute atomic E-state index is 12.5. The van der Waals surface area contributed by atoms with Crippen molar-refractivity contribution < 1.29 is 26.7 Å². The fourth-order valence-corrected chi connectivity index (χ4v) is 2.79. The van der Waals surface area contributed by atoms with E-state index in [2.05, 4.69) is 5.32 Å². The Bertz CT molecular complexity index is 836. The monoisotopic (exact) mass is 369 g/mol. The van der Waals surface area contributed by atoms with Gasteiger partial charge in [-0.1, -0.05) is 18.2 Å². The molecule has 5 nitrogen and oxygen atoms in total. The number of hydrogen-bond acceptors (Lipinski definition) is 4. The summed E-state index contributed by atoms with van der Waals surface area (Å²) in [6, 6.07) is 11.4. The Balaban J connectivity index is 2.17. The second-order valence-corrected chi connectivity index (χ2v) is 7.00. The molecule has 0 spiro atoms. The van der Waals surface area contributed by atoms with E-state index in [-0.39, 0.29) is 5.56 Å². The van der Waals surface area contributed by atoms with Crippen molar-refractivity contribution >= 4 is 21.4 Å². The van der Waals surface area contributed by atoms with Crippen molar-refractivity contribution in [3.05, 3.63) is 59.7 Å². The molecule has 0 aliphatic carbocycles. The lowest BCUT2D eigenvalue weighted by Crippen LogP contribution is -2.15. The number of para-hydroxylation sites is 1. The molecule has 0 atom stereocenters. The second-order valence-electron chi connectivity index (χ2n) is 5.08. The van der Waals surface area contributed by atoms with Crippen LogP contribution in [0.2, 0.25) is 0 Å². The van der Waals surface area contributed by atoms with E-state index in [9.17, 15) is 22.0 Å². The number of alkyl halides is 2. The Morgan fingerprint density at radius 2 is 1.76 bits per heavy atom. The van der Waals surface area contributed by atoms with Gasteiger partial charge in [0.2, 0.25) is 9.84 Å². The number of carbonyl (C=O) groups is 1. The van der Waals surface area contributed by atoms with Crippen molar-refractivity contribution in [1.29, 1.82) is 0 Å². The molecule has 8 heteroatoms. The number of ether oxygens (including phenoxy) is 1. The first-order valence-corrected chi connectivity index (χ1v) is 9.00. The van der Waals surface area contributed by atoms with Crippen LogP contribution in [0.15, 0.2) is 53.4 Å². The Labute approximate surface area is 144 Å². The predicted molar refractivity (Wildman–Crippen MR) is 89.4 cm³/mol. The van der Waals surface area contributed by atoms with E-state index < -0.39 is 26.4 Å². The summed E-state index contributed by atoms with van der Waals surface area (Å²) in [5.41, 5.74) is 1.50. The van der Waals surface area contributed by atoms with Crippen LogP contribution < -0.4 is 5.32 Å². The molecule has 0 aliphatic heterocycles. The summed E-state index contributed by atoms with van der Waals surface area (Å²) in [5, 5.41) is 2.70. The first kappa shape index (κ1) is 19.0. The van der Waals surface area contributed by atoms with Gasteiger partial charge in [0.1, 0.15) is 0 Å². The van der Waals surface area contributed by atoms with Gasteiger partial charge in [0.05, 0.1) is 11.5 Å². The van der Waals surface area contributed by atoms with Crippen LogP contribution in [-0.2, 0) is 21.2 Å². The number of anilines is 1. The fraction of sp³-hybridized carbons (Fsp3) is 0.235. The number of halogens is 2. The number of carbonyl (C=O) groups excluding carboxylic acids is 1. The molecule has 0 saturated heterocycles. The third-order valence-electron chi connectivity index (χ3n) is 3.41. The van der Waals surface area contributed by atoms with Crippen molar-refractivity contribution in [3.8, 4) is 0 Å². The highest BCUT2D eigenvalue weighted by molar-refractivity contribution is 7.91. The van der Waals surface area contributed by atoms with Crippen molar-refractivity contribution in [1.82, 2.24) is 0 Å². The zero-order chi connectivity index (χ0) is 18.4. The van der Waals surface area contributed by atoms with Crippen molar-refractivity contribution in [2.24, 2.45) is 0 Å². The molecule has 2 aromatic rings. The van der Waals surface area contributed by atoms with Crippen LogP contribution in [0.3, 0.4) is 0 Å². The molecule has 0 radical (unpaired) electrons. The molecule has 0 bridgehead atoms. The van der Waals surface area contributed by atoms with Gasteiger partial charge in [-0.05, 0) is 37.3 Å². The molecule has 0 unspecified atom stereocenters. The highest BCUT2D eigenvalue weighted by Gasteiger charge is 2.26. The normalized spacial score (nSPS) is 11.5. The minimum absolute atomic E-state index is 0.152. The average Bonchev–Trinajstić information content (AvgIpc) is 2.61. The van der Waals surface area contributed by atoms with Crippen molar-refractivity contribution in [3.63, 3.8) is 0 Å². The summed E-state index contributed by atoms with van der Waals surface area (Å²) < 4.78 is 53.1. The molecule has 2 rings (SSSR count). The maximum Gasteiger partial charge on any atom is 0.341 e. The zero-order valence-electron chi connectivity index (χ0n) is 13.4. The van der Waals surface area contributed by atoms with Crippen LogP contribution in [0.4, 0.5) is 14.5 Å². The molecule has 1 N–H and O–H groups in total. The molecule has 0 heterocycles. The number of benzene rings is 2. The van der Waals surface area contributed by atoms with Crippen LogP contribution >= 0.6 is 0 Å². The van der Waals surface area contributed by atoms with Crippen molar-refractivity contribution in [2.75, 3.05) is 11.9 Å². The minimum Gasteiger partial charge on any atom is -0.377 e. The van der Waals surface area contributed by atoms with Crippen molar-refractivity contribution in [2.45, 2.75) is 24.2 Å². The summed E-state index contributed by atoms with van der Waals surface area (Å²) in [6.07, 6.45) is 0. The lowest BCUT2D eigenvalue weighted by Gasteiger charge is -2.11. The predicted octanol–water partition coefficient (Wildman–Crippen LogP) is 3.47. The Kier molecular flexibility index (Phi) is 6.22. The van der Waals surface area contributed by atoms with E-state index in [0.29, 0.717) is 18.9 Å². The van der Waals surface area contributed by atoms with Crippen LogP contribution in [0.25, 0.3) is 0 Å². The van der Waals surface area contributed by atoms with E-state index >= 15 is 0 Å². The number of nitrogens with one attached hydrogen (secondary N) is 1. The van der Waals surface area contributed by atoms with Gasteiger partial charge < -0.3 is 10.1 Å². The molecule has 0 aromatic heterocycles. The fourth-order valence-electron chi connectivity index (χ4n) is 2.07. The van der Waals surface area contributed by atoms with Gasteiger partial charge in [-0.3, -0.25) is 4.79 Å². The number of sulfone groups is 1. The van der Waals surface area contributed by atoms with Gasteiger partial charge in [-0.15, -0.1) is 0 Å². The topological polar surface area (TPSA) is 72.5 Å². The molecule has 25 heavy (non-hydrogen) atoms. The molecule has 0 fully saturated rings. The first-order chi connectivity index (χ1) is 11.9. The molecular formula is C17H17F2NO4S. The van der Waals surface area contributed by atoms with Gasteiger partial charge in [0.25, 0.3) is 5.91 Å². The summed E-state index contributed by atoms with van der Waals surface area (Å²) >= 11 is 0. The Morgan fingerprint density at radius 3 is 2.36 bits per heavy atom. The minimum atomic E-state index is -4.68. The van der Waals surface area contributed by atoms with Gasteiger partial charge in [0, 0.05) is 23.4 Å². The molecule has 134 valence electrons. The second kappa shape index (κ2) is 8.17. The van der Waals surface area contributed by atoms with E-state index in [0.717, 1.165) is 17.7 Å². The van der Waals surface area contributed by atoms with Crippen LogP contribution in [0, 0.1) is 0 Å². The molecule has 1 amide bonds. The van der Waals surface area contributed by atoms with E-state index in [4.69, 9.17) is 4.74 Å². The molecular weight excluding hydrogens is 352 g/mol. The lowest BCUT2D eigenvalue weighted by atomic mass is 10.1. The van der Waals surface area contributed by atoms with E-state index in [1.54, 1.807) is 12.1 Å². The van der Waals surface area contributed by atoms with E-state index in [1.807, 2.05) is 19.1 Å². The Hall–Kier alpha value is -2.32. The molecule has 2 aromatic carbocycles. The standard InChI is InChI=1S/C17H17F2NO4S/c1-2-24-11-13-5-3-4-6-15(13)20-16(21)12-7-9-14(10-8-12)25(22,23)17(18)19/h3-10,17H,2,11H2,1H3,(H,20,21). The highest BCUT2D eigenvalue weighted by Crippen LogP contribution is 2.20. The zero-order valence-corrected chi connectivity index (χ0v) is 14.2. The molecule has 0 aliphatic rings. The van der Waals surface area contributed by atoms with Gasteiger partial charge >= 0.3 is 5.76 Å². The number of amides is 1. The van der Waals surface area contributed by atoms with Gasteiger partial charge in [0.15, 0.2) is 0 Å². The first-order valence-electron chi connectivity index (χ1n) is 7.45. The third-order valence-corrected chi connectivity index (χ3v) is 4.81. The molecule has 0 saturated carbocycles. The van der Waals surface area contributed by atoms with Crippen LogP contribution in [0.1, 0.15) is 22.8 Å².